The van der Waals surface area contributed by atoms with E-state index in [1.54, 1.807) is 32.2 Å². The van der Waals surface area contributed by atoms with E-state index in [0.29, 0.717) is 12.4 Å². The van der Waals surface area contributed by atoms with Crippen molar-refractivity contribution in [3.8, 4) is 11.3 Å². The van der Waals surface area contributed by atoms with E-state index in [9.17, 15) is 9.18 Å². The number of halogens is 1. The van der Waals surface area contributed by atoms with Gasteiger partial charge in [0.1, 0.15) is 11.6 Å². The van der Waals surface area contributed by atoms with Crippen LogP contribution in [0.25, 0.3) is 11.3 Å². The molecule has 0 bridgehead atoms. The Kier molecular flexibility index (Phi) is 7.33. The van der Waals surface area contributed by atoms with Gasteiger partial charge in [-0.2, -0.15) is 0 Å². The van der Waals surface area contributed by atoms with Crippen molar-refractivity contribution in [3.05, 3.63) is 40.8 Å². The summed E-state index contributed by atoms with van der Waals surface area (Å²) < 4.78 is 14.4. The molecular weight excluding hydrogens is 405 g/mol. The van der Waals surface area contributed by atoms with Gasteiger partial charge in [-0.3, -0.25) is 4.84 Å². The molecule has 0 saturated carbocycles. The van der Waals surface area contributed by atoms with Crippen LogP contribution in [0, 0.1) is 17.7 Å². The van der Waals surface area contributed by atoms with E-state index >= 15 is 0 Å². The lowest BCUT2D eigenvalue weighted by Gasteiger charge is -2.39. The Morgan fingerprint density at radius 2 is 1.91 bits per heavy atom. The number of hydrogen-bond acceptors (Lipinski definition) is 5. The van der Waals surface area contributed by atoms with Gasteiger partial charge in [-0.25, -0.2) is 19.4 Å². The quantitative estimate of drug-likeness (QED) is 0.454. The zero-order valence-corrected chi connectivity index (χ0v) is 20.6. The molecule has 0 spiro atoms. The fraction of sp³-hybridized carbons (Fsp3) is 0.577. The molecule has 6 heteroatoms. The van der Waals surface area contributed by atoms with Crippen molar-refractivity contribution in [1.29, 1.82) is 0 Å². The summed E-state index contributed by atoms with van der Waals surface area (Å²) in [7, 11) is 3.37. The van der Waals surface area contributed by atoms with Gasteiger partial charge >= 0.3 is 0 Å². The van der Waals surface area contributed by atoms with Crippen molar-refractivity contribution in [3.63, 3.8) is 0 Å². The van der Waals surface area contributed by atoms with Crippen molar-refractivity contribution in [2.75, 3.05) is 19.2 Å². The molecule has 0 aliphatic heterocycles. The summed E-state index contributed by atoms with van der Waals surface area (Å²) in [5.74, 6) is 1.48. The molecule has 0 radical (unpaired) electrons. The number of rotatable bonds is 8. The maximum Gasteiger partial charge on any atom is 0.250 e. The van der Waals surface area contributed by atoms with Crippen molar-refractivity contribution in [1.82, 2.24) is 9.97 Å². The van der Waals surface area contributed by atoms with E-state index < -0.39 is 0 Å². The Morgan fingerprint density at radius 1 is 1.22 bits per heavy atom. The van der Waals surface area contributed by atoms with Gasteiger partial charge < -0.3 is 4.79 Å². The van der Waals surface area contributed by atoms with Crippen LogP contribution in [-0.4, -0.2) is 29.9 Å². The maximum atomic E-state index is 14.4. The SMILES string of the molecule is CON(C)c1nc2c(c(C(C)C)n1)C(C)C([C@@H](C)C[C@@H](C)CC(C)=O)c1cc(F)ccc1-2. The lowest BCUT2D eigenvalue weighted by molar-refractivity contribution is -0.117. The Labute approximate surface area is 191 Å². The molecule has 1 aromatic heterocycles. The van der Waals surface area contributed by atoms with Crippen LogP contribution >= 0.6 is 0 Å². The average molecular weight is 442 g/mol. The summed E-state index contributed by atoms with van der Waals surface area (Å²) in [6, 6.07) is 5.03. The standard InChI is InChI=1S/C26H36FN3O2/c1-14(2)24-23-18(6)22(16(4)11-15(3)12-17(5)31)21-13-19(27)9-10-20(21)25(23)29-26(28-24)30(7)32-8/h9-10,13-16,18,22H,11-12H2,1-8H3/t15-,16+,18?,22?/m1/s1. The van der Waals surface area contributed by atoms with Crippen LogP contribution in [0.4, 0.5) is 10.3 Å². The highest BCUT2D eigenvalue weighted by molar-refractivity contribution is 5.76. The second-order valence-corrected chi connectivity index (χ2v) is 9.78. The van der Waals surface area contributed by atoms with Crippen LogP contribution in [-0.2, 0) is 9.63 Å². The van der Waals surface area contributed by atoms with Gasteiger partial charge in [-0.1, -0.05) is 34.6 Å². The first-order chi connectivity index (χ1) is 15.0. The van der Waals surface area contributed by atoms with Crippen LogP contribution in [0.3, 0.4) is 0 Å². The predicted molar refractivity (Wildman–Crippen MR) is 126 cm³/mol. The number of ketones is 1. The molecule has 0 amide bonds. The second kappa shape index (κ2) is 9.65. The number of hydroxylamine groups is 1. The fourth-order valence-corrected chi connectivity index (χ4v) is 5.42. The molecule has 1 aliphatic carbocycles. The summed E-state index contributed by atoms with van der Waals surface area (Å²) in [6.45, 7) is 12.5. The molecule has 1 aromatic carbocycles. The van der Waals surface area contributed by atoms with Crippen LogP contribution in [0.15, 0.2) is 18.2 Å². The molecular formula is C26H36FN3O2. The molecule has 1 heterocycles. The minimum absolute atomic E-state index is 0.120. The van der Waals surface area contributed by atoms with Crippen LogP contribution in [0.5, 0.6) is 0 Å². The molecule has 32 heavy (non-hydrogen) atoms. The number of hydrogen-bond donors (Lipinski definition) is 0. The fourth-order valence-electron chi connectivity index (χ4n) is 5.42. The van der Waals surface area contributed by atoms with E-state index in [-0.39, 0.29) is 41.2 Å². The van der Waals surface area contributed by atoms with E-state index in [4.69, 9.17) is 14.8 Å². The predicted octanol–water partition coefficient (Wildman–Crippen LogP) is 6.25. The van der Waals surface area contributed by atoms with Gasteiger partial charge in [-0.15, -0.1) is 0 Å². The lowest BCUT2D eigenvalue weighted by Crippen LogP contribution is -2.27. The zero-order valence-electron chi connectivity index (χ0n) is 20.6. The first-order valence-corrected chi connectivity index (χ1v) is 11.5. The minimum Gasteiger partial charge on any atom is -0.300 e. The van der Waals surface area contributed by atoms with Crippen LogP contribution in [0.2, 0.25) is 0 Å². The third-order valence-corrected chi connectivity index (χ3v) is 6.71. The number of fused-ring (bicyclic) bond motifs is 3. The van der Waals surface area contributed by atoms with E-state index in [1.807, 2.05) is 6.07 Å². The number of benzene rings is 1. The summed E-state index contributed by atoms with van der Waals surface area (Å²) in [6.07, 6.45) is 1.48. The first kappa shape index (κ1) is 24.3. The Hall–Kier alpha value is -2.34. The van der Waals surface area contributed by atoms with Crippen LogP contribution in [0.1, 0.15) is 89.0 Å². The van der Waals surface area contributed by atoms with E-state index in [1.165, 1.54) is 6.07 Å². The average Bonchev–Trinajstić information content (AvgIpc) is 2.71. The normalized spacial score (nSPS) is 19.3. The smallest absolute Gasteiger partial charge is 0.250 e. The maximum absolute atomic E-state index is 14.4. The van der Waals surface area contributed by atoms with Crippen molar-refractivity contribution in [2.45, 2.75) is 72.1 Å². The molecule has 4 atom stereocenters. The molecule has 3 rings (SSSR count). The van der Waals surface area contributed by atoms with Gasteiger partial charge in [0.15, 0.2) is 0 Å². The second-order valence-electron chi connectivity index (χ2n) is 9.78. The highest BCUT2D eigenvalue weighted by Gasteiger charge is 2.38. The highest BCUT2D eigenvalue weighted by atomic mass is 19.1. The number of carbonyl (C=O) groups is 1. The Morgan fingerprint density at radius 3 is 2.50 bits per heavy atom. The van der Waals surface area contributed by atoms with Gasteiger partial charge in [-0.05, 0) is 66.7 Å². The number of anilines is 1. The minimum atomic E-state index is -0.235. The van der Waals surface area contributed by atoms with Crippen molar-refractivity contribution in [2.24, 2.45) is 11.8 Å². The molecule has 0 saturated heterocycles. The van der Waals surface area contributed by atoms with Gasteiger partial charge in [0.05, 0.1) is 18.5 Å². The molecule has 0 N–H and O–H groups in total. The van der Waals surface area contributed by atoms with Crippen molar-refractivity contribution >= 4 is 11.7 Å². The number of carbonyl (C=O) groups excluding carboxylic acids is 1. The number of Topliss-reactive ketones (excluding diaryl/α,β-unsaturated/α-hetero) is 1. The van der Waals surface area contributed by atoms with E-state index in [2.05, 4.69) is 34.6 Å². The van der Waals surface area contributed by atoms with Gasteiger partial charge in [0, 0.05) is 24.6 Å². The Bertz CT molecular complexity index is 991. The Balaban J connectivity index is 2.18. The third-order valence-electron chi connectivity index (χ3n) is 6.71. The summed E-state index contributed by atoms with van der Waals surface area (Å²) >= 11 is 0. The molecule has 0 fully saturated rings. The topological polar surface area (TPSA) is 55.3 Å². The lowest BCUT2D eigenvalue weighted by atomic mass is 9.66. The highest BCUT2D eigenvalue weighted by Crippen LogP contribution is 2.52. The van der Waals surface area contributed by atoms with Gasteiger partial charge in [0.2, 0.25) is 5.95 Å². The largest absolute Gasteiger partial charge is 0.300 e. The molecule has 5 nitrogen and oxygen atoms in total. The molecule has 174 valence electrons. The summed E-state index contributed by atoms with van der Waals surface area (Å²) in [4.78, 5) is 26.7. The monoisotopic (exact) mass is 441 g/mol. The number of nitrogens with zero attached hydrogens (tertiary/aromatic N) is 3. The van der Waals surface area contributed by atoms with Crippen LogP contribution < -0.4 is 5.06 Å². The zero-order chi connectivity index (χ0) is 23.7. The van der Waals surface area contributed by atoms with E-state index in [0.717, 1.165) is 34.5 Å². The molecule has 1 aliphatic rings. The molecule has 2 unspecified atom stereocenters. The molecule has 2 aromatic rings. The number of aromatic nitrogens is 2. The first-order valence-electron chi connectivity index (χ1n) is 11.5. The third kappa shape index (κ3) is 4.70. The van der Waals surface area contributed by atoms with Crippen molar-refractivity contribution < 1.29 is 14.0 Å². The summed E-state index contributed by atoms with van der Waals surface area (Å²) in [5.41, 5.74) is 4.97. The van der Waals surface area contributed by atoms with Gasteiger partial charge in [0.25, 0.3) is 0 Å². The summed E-state index contributed by atoms with van der Waals surface area (Å²) in [5, 5.41) is 1.55.